The summed E-state index contributed by atoms with van der Waals surface area (Å²) in [6, 6.07) is 0. The van der Waals surface area contributed by atoms with E-state index < -0.39 is 0 Å². The maximum Gasteiger partial charge on any atom is 0.191 e. The van der Waals surface area contributed by atoms with Gasteiger partial charge in [-0.05, 0) is 31.6 Å². The monoisotopic (exact) mass is 353 g/mol. The van der Waals surface area contributed by atoms with E-state index in [0.29, 0.717) is 0 Å². The maximum absolute atomic E-state index is 5.97. The van der Waals surface area contributed by atoms with Crippen LogP contribution in [0.15, 0.2) is 4.99 Å². The van der Waals surface area contributed by atoms with Crippen LogP contribution in [0.3, 0.4) is 0 Å². The Balaban J connectivity index is 0.00000256. The molecule has 0 aromatic carbocycles. The number of aliphatic imine (C=N–C) groups is 1. The zero-order chi connectivity index (χ0) is 11.8. The van der Waals surface area contributed by atoms with E-state index in [9.17, 15) is 0 Å². The maximum atomic E-state index is 5.97. The van der Waals surface area contributed by atoms with Gasteiger partial charge in [-0.3, -0.25) is 4.99 Å². The number of rotatable bonds is 5. The van der Waals surface area contributed by atoms with Gasteiger partial charge >= 0.3 is 0 Å². The Kier molecular flexibility index (Phi) is 9.97. The lowest BCUT2D eigenvalue weighted by Crippen LogP contribution is -2.40. The first-order valence-corrected chi connectivity index (χ1v) is 6.75. The highest BCUT2D eigenvalue weighted by Crippen LogP contribution is 2.09. The average molecular weight is 353 g/mol. The Labute approximate surface area is 123 Å². The first kappa shape index (κ1) is 17.0. The fourth-order valence-corrected chi connectivity index (χ4v) is 2.08. The lowest BCUT2D eigenvalue weighted by Gasteiger charge is -2.27. The molecule has 4 heteroatoms. The molecule has 0 aromatic rings. The van der Waals surface area contributed by atoms with Gasteiger partial charge in [-0.2, -0.15) is 0 Å². The number of hydrogen-bond acceptors (Lipinski definition) is 1. The lowest BCUT2D eigenvalue weighted by atomic mass is 10.1. The van der Waals surface area contributed by atoms with E-state index in [1.54, 1.807) is 0 Å². The lowest BCUT2D eigenvalue weighted by molar-refractivity contribution is 0.338. The fraction of sp³-hybridized carbons (Fsp3) is 0.923. The number of hydrogen-bond donors (Lipinski definition) is 1. The molecule has 0 aliphatic carbocycles. The number of halogens is 1. The van der Waals surface area contributed by atoms with Gasteiger partial charge in [-0.1, -0.05) is 26.7 Å². The summed E-state index contributed by atoms with van der Waals surface area (Å²) in [5.41, 5.74) is 5.97. The molecule has 1 aliphatic heterocycles. The minimum absolute atomic E-state index is 0. The summed E-state index contributed by atoms with van der Waals surface area (Å²) in [7, 11) is 0. The summed E-state index contributed by atoms with van der Waals surface area (Å²) >= 11 is 0. The number of guanidine groups is 1. The van der Waals surface area contributed by atoms with Crippen molar-refractivity contribution < 1.29 is 0 Å². The van der Waals surface area contributed by atoms with Crippen molar-refractivity contribution in [1.29, 1.82) is 0 Å². The number of nitrogens with two attached hydrogens (primary N) is 1. The molecular weight excluding hydrogens is 325 g/mol. The Morgan fingerprint density at radius 1 is 1.18 bits per heavy atom. The number of nitrogens with zero attached hydrogens (tertiary/aromatic N) is 2. The van der Waals surface area contributed by atoms with Crippen LogP contribution < -0.4 is 5.73 Å². The van der Waals surface area contributed by atoms with E-state index in [-0.39, 0.29) is 24.0 Å². The zero-order valence-electron chi connectivity index (χ0n) is 11.3. The van der Waals surface area contributed by atoms with Crippen LogP contribution in [0.1, 0.15) is 52.4 Å². The van der Waals surface area contributed by atoms with Crippen molar-refractivity contribution in [3.63, 3.8) is 0 Å². The third-order valence-electron chi connectivity index (χ3n) is 3.14. The number of likely N-dealkylation sites (tertiary alicyclic amines) is 1. The Morgan fingerprint density at radius 3 is 2.41 bits per heavy atom. The van der Waals surface area contributed by atoms with E-state index >= 15 is 0 Å². The molecule has 17 heavy (non-hydrogen) atoms. The van der Waals surface area contributed by atoms with Crippen molar-refractivity contribution in [3.8, 4) is 0 Å². The second kappa shape index (κ2) is 9.97. The van der Waals surface area contributed by atoms with E-state index in [4.69, 9.17) is 5.73 Å². The highest BCUT2D eigenvalue weighted by atomic mass is 127. The SMILES string of the molecule is CC(C)CCCCN=C(N)N1CCCCC1.I. The highest BCUT2D eigenvalue weighted by molar-refractivity contribution is 14.0. The molecule has 2 N–H and O–H groups in total. The van der Waals surface area contributed by atoms with E-state index in [1.807, 2.05) is 0 Å². The minimum atomic E-state index is 0. The third-order valence-corrected chi connectivity index (χ3v) is 3.14. The van der Waals surface area contributed by atoms with Gasteiger partial charge in [0.2, 0.25) is 0 Å². The second-order valence-electron chi connectivity index (χ2n) is 5.18. The van der Waals surface area contributed by atoms with Crippen molar-refractivity contribution in [2.45, 2.75) is 52.4 Å². The summed E-state index contributed by atoms with van der Waals surface area (Å²) < 4.78 is 0. The molecule has 0 spiro atoms. The van der Waals surface area contributed by atoms with Crippen LogP contribution >= 0.6 is 24.0 Å². The fourth-order valence-electron chi connectivity index (χ4n) is 2.08. The normalized spacial score (nSPS) is 17.1. The van der Waals surface area contributed by atoms with Gasteiger partial charge in [0.05, 0.1) is 0 Å². The van der Waals surface area contributed by atoms with Crippen LogP contribution in [0.5, 0.6) is 0 Å². The van der Waals surface area contributed by atoms with Gasteiger partial charge in [0.15, 0.2) is 5.96 Å². The molecule has 3 nitrogen and oxygen atoms in total. The molecule has 1 aliphatic rings. The first-order chi connectivity index (χ1) is 7.70. The second-order valence-corrected chi connectivity index (χ2v) is 5.18. The third kappa shape index (κ3) is 7.84. The van der Waals surface area contributed by atoms with Crippen molar-refractivity contribution in [1.82, 2.24) is 4.90 Å². The topological polar surface area (TPSA) is 41.6 Å². The molecule has 0 bridgehead atoms. The standard InChI is InChI=1S/C13H27N3.HI/c1-12(2)8-4-5-9-15-13(14)16-10-6-3-7-11-16;/h12H,3-11H2,1-2H3,(H2,14,15);1H. The van der Waals surface area contributed by atoms with E-state index in [2.05, 4.69) is 23.7 Å². The van der Waals surface area contributed by atoms with Crippen molar-refractivity contribution in [2.75, 3.05) is 19.6 Å². The van der Waals surface area contributed by atoms with Gasteiger partial charge in [0, 0.05) is 19.6 Å². The molecule has 0 aromatic heterocycles. The smallest absolute Gasteiger partial charge is 0.191 e. The molecule has 102 valence electrons. The van der Waals surface area contributed by atoms with Crippen LogP contribution in [0.25, 0.3) is 0 Å². The summed E-state index contributed by atoms with van der Waals surface area (Å²) in [6.07, 6.45) is 7.63. The van der Waals surface area contributed by atoms with Crippen LogP contribution in [0.4, 0.5) is 0 Å². The van der Waals surface area contributed by atoms with E-state index in [0.717, 1.165) is 31.5 Å². The molecule has 0 radical (unpaired) electrons. The van der Waals surface area contributed by atoms with Gasteiger partial charge in [0.1, 0.15) is 0 Å². The van der Waals surface area contributed by atoms with Crippen molar-refractivity contribution >= 4 is 29.9 Å². The minimum Gasteiger partial charge on any atom is -0.370 e. The molecule has 1 rings (SSSR count). The van der Waals surface area contributed by atoms with Gasteiger partial charge in [0.25, 0.3) is 0 Å². The number of unbranched alkanes of at least 4 members (excludes halogenated alkanes) is 1. The van der Waals surface area contributed by atoms with Gasteiger partial charge < -0.3 is 10.6 Å². The van der Waals surface area contributed by atoms with E-state index in [1.165, 1.54) is 38.5 Å². The van der Waals surface area contributed by atoms with Crippen LogP contribution in [-0.2, 0) is 0 Å². The van der Waals surface area contributed by atoms with Crippen molar-refractivity contribution in [3.05, 3.63) is 0 Å². The molecule has 1 fully saturated rings. The molecular formula is C13H28IN3. The predicted molar refractivity (Wildman–Crippen MR) is 86.0 cm³/mol. The molecule has 0 amide bonds. The van der Waals surface area contributed by atoms with Crippen LogP contribution in [0, 0.1) is 5.92 Å². The summed E-state index contributed by atoms with van der Waals surface area (Å²) in [5.74, 6) is 1.58. The summed E-state index contributed by atoms with van der Waals surface area (Å²) in [4.78, 5) is 6.69. The number of piperidine rings is 1. The van der Waals surface area contributed by atoms with Gasteiger partial charge in [-0.25, -0.2) is 0 Å². The molecule has 1 saturated heterocycles. The largest absolute Gasteiger partial charge is 0.370 e. The predicted octanol–water partition coefficient (Wildman–Crippen LogP) is 3.23. The molecule has 0 unspecified atom stereocenters. The average Bonchev–Trinajstić information content (AvgIpc) is 2.29. The highest BCUT2D eigenvalue weighted by Gasteiger charge is 2.11. The molecule has 1 heterocycles. The molecule has 0 saturated carbocycles. The van der Waals surface area contributed by atoms with Crippen LogP contribution in [-0.4, -0.2) is 30.5 Å². The Bertz CT molecular complexity index is 211. The van der Waals surface area contributed by atoms with Crippen molar-refractivity contribution in [2.24, 2.45) is 16.6 Å². The summed E-state index contributed by atoms with van der Waals surface area (Å²) in [5, 5.41) is 0. The quantitative estimate of drug-likeness (QED) is 0.357. The summed E-state index contributed by atoms with van der Waals surface area (Å²) in [6.45, 7) is 7.63. The van der Waals surface area contributed by atoms with Gasteiger partial charge in [-0.15, -0.1) is 24.0 Å². The molecule has 0 atom stereocenters. The van der Waals surface area contributed by atoms with Crippen LogP contribution in [0.2, 0.25) is 0 Å². The Hall–Kier alpha value is 0. The first-order valence-electron chi connectivity index (χ1n) is 6.75. The zero-order valence-corrected chi connectivity index (χ0v) is 13.7. The Morgan fingerprint density at radius 2 is 1.82 bits per heavy atom.